The van der Waals surface area contributed by atoms with E-state index in [9.17, 15) is 0 Å². The van der Waals surface area contributed by atoms with Gasteiger partial charge in [-0.2, -0.15) is 0 Å². The van der Waals surface area contributed by atoms with Crippen molar-refractivity contribution in [3.63, 3.8) is 0 Å². The van der Waals surface area contributed by atoms with Crippen molar-refractivity contribution >= 4 is 5.84 Å². The molecule has 1 saturated carbocycles. The summed E-state index contributed by atoms with van der Waals surface area (Å²) >= 11 is 0. The van der Waals surface area contributed by atoms with Crippen molar-refractivity contribution in [2.75, 3.05) is 6.54 Å². The van der Waals surface area contributed by atoms with Crippen molar-refractivity contribution < 1.29 is 5.21 Å². The number of oxime groups is 1. The highest BCUT2D eigenvalue weighted by atomic mass is 16.4. The van der Waals surface area contributed by atoms with Crippen molar-refractivity contribution in [2.24, 2.45) is 22.7 Å². The molecule has 0 spiro atoms. The third kappa shape index (κ3) is 5.01. The maximum atomic E-state index is 8.66. The van der Waals surface area contributed by atoms with Crippen molar-refractivity contribution in [1.82, 2.24) is 10.3 Å². The smallest absolute Gasteiger partial charge is 0.188 e. The molecule has 0 aromatic carbocycles. The van der Waals surface area contributed by atoms with Gasteiger partial charge in [-0.3, -0.25) is 4.98 Å². The molecule has 1 heterocycles. The van der Waals surface area contributed by atoms with E-state index in [2.05, 4.69) is 22.4 Å². The number of aromatic nitrogens is 1. The van der Waals surface area contributed by atoms with E-state index in [1.807, 2.05) is 12.1 Å². The molecule has 0 saturated heterocycles. The highest BCUT2D eigenvalue weighted by molar-refractivity contribution is 5.95. The summed E-state index contributed by atoms with van der Waals surface area (Å²) in [7, 11) is 0. The molecule has 0 radical (unpaired) electrons. The molecule has 4 N–H and O–H groups in total. The van der Waals surface area contributed by atoms with Gasteiger partial charge in [-0.1, -0.05) is 37.8 Å². The van der Waals surface area contributed by atoms with Gasteiger partial charge in [0.15, 0.2) is 5.84 Å². The van der Waals surface area contributed by atoms with Crippen LogP contribution in [0.2, 0.25) is 0 Å². The number of amidine groups is 1. The average Bonchev–Trinajstić information content (AvgIpc) is 2.53. The van der Waals surface area contributed by atoms with Crippen LogP contribution in [0.4, 0.5) is 0 Å². The van der Waals surface area contributed by atoms with Gasteiger partial charge in [0, 0.05) is 12.7 Å². The molecule has 2 rings (SSSR count). The number of rotatable bonds is 6. The molecule has 1 fully saturated rings. The van der Waals surface area contributed by atoms with Crippen LogP contribution in [0.1, 0.15) is 50.3 Å². The molecule has 0 bridgehead atoms. The lowest BCUT2D eigenvalue weighted by Crippen LogP contribution is -2.21. The molecule has 5 heteroatoms. The zero-order valence-electron chi connectivity index (χ0n) is 12.8. The highest BCUT2D eigenvalue weighted by Crippen LogP contribution is 2.29. The van der Waals surface area contributed by atoms with Crippen LogP contribution < -0.4 is 11.1 Å². The molecule has 1 aromatic rings. The maximum absolute atomic E-state index is 8.66. The number of nitrogens with one attached hydrogen (secondary N) is 1. The Hall–Kier alpha value is -1.62. The monoisotopic (exact) mass is 290 g/mol. The fourth-order valence-electron chi connectivity index (χ4n) is 2.93. The minimum Gasteiger partial charge on any atom is -0.409 e. The Morgan fingerprint density at radius 3 is 2.90 bits per heavy atom. The minimum absolute atomic E-state index is 0.0492. The van der Waals surface area contributed by atoms with Gasteiger partial charge in [0.1, 0.15) is 5.69 Å². The van der Waals surface area contributed by atoms with Gasteiger partial charge in [-0.05, 0) is 42.5 Å². The van der Waals surface area contributed by atoms with E-state index in [0.29, 0.717) is 5.69 Å². The molecule has 1 aliphatic carbocycles. The second kappa shape index (κ2) is 7.98. The van der Waals surface area contributed by atoms with Gasteiger partial charge in [0.2, 0.25) is 0 Å². The number of nitrogens with zero attached hydrogens (tertiary/aromatic N) is 2. The first-order valence-electron chi connectivity index (χ1n) is 7.82. The highest BCUT2D eigenvalue weighted by Gasteiger charge is 2.17. The molecular weight excluding hydrogens is 264 g/mol. The molecule has 21 heavy (non-hydrogen) atoms. The van der Waals surface area contributed by atoms with Crippen molar-refractivity contribution in [2.45, 2.75) is 45.6 Å². The summed E-state index contributed by atoms with van der Waals surface area (Å²) in [5, 5.41) is 15.1. The number of nitrogens with two attached hydrogens (primary N) is 1. The first-order chi connectivity index (χ1) is 10.2. The van der Waals surface area contributed by atoms with E-state index in [0.717, 1.165) is 30.5 Å². The first-order valence-corrected chi connectivity index (χ1v) is 7.82. The SMILES string of the molecule is CC1CCC(CCNCc2ccnc(C(N)=NO)c2)CC1. The van der Waals surface area contributed by atoms with Crippen molar-refractivity contribution in [3.05, 3.63) is 29.6 Å². The van der Waals surface area contributed by atoms with Crippen LogP contribution in [0, 0.1) is 11.8 Å². The lowest BCUT2D eigenvalue weighted by atomic mass is 9.81. The summed E-state index contributed by atoms with van der Waals surface area (Å²) in [5.74, 6) is 1.86. The Morgan fingerprint density at radius 1 is 1.43 bits per heavy atom. The summed E-state index contributed by atoms with van der Waals surface area (Å²) < 4.78 is 0. The molecule has 1 aromatic heterocycles. The van der Waals surface area contributed by atoms with E-state index in [-0.39, 0.29) is 5.84 Å². The standard InChI is InChI=1S/C16H26N4O/c1-12-2-4-13(5-3-12)6-8-18-11-14-7-9-19-15(10-14)16(17)20-21/h7,9-10,12-13,18,21H,2-6,8,11H2,1H3,(H2,17,20). The Kier molecular flexibility index (Phi) is 5.99. The van der Waals surface area contributed by atoms with E-state index in [4.69, 9.17) is 10.9 Å². The summed E-state index contributed by atoms with van der Waals surface area (Å²) in [6, 6.07) is 3.80. The van der Waals surface area contributed by atoms with Crippen molar-refractivity contribution in [3.8, 4) is 0 Å². The third-order valence-corrected chi connectivity index (χ3v) is 4.39. The molecule has 5 nitrogen and oxygen atoms in total. The number of pyridine rings is 1. The minimum atomic E-state index is 0.0492. The Morgan fingerprint density at radius 2 is 2.19 bits per heavy atom. The maximum Gasteiger partial charge on any atom is 0.188 e. The molecule has 0 amide bonds. The van der Waals surface area contributed by atoms with E-state index < -0.39 is 0 Å². The van der Waals surface area contributed by atoms with Crippen LogP contribution in [0.3, 0.4) is 0 Å². The Labute approximate surface area is 126 Å². The van der Waals surface area contributed by atoms with E-state index in [1.165, 1.54) is 32.1 Å². The van der Waals surface area contributed by atoms with Gasteiger partial charge >= 0.3 is 0 Å². The molecule has 0 unspecified atom stereocenters. The summed E-state index contributed by atoms with van der Waals surface area (Å²) in [6.07, 6.45) is 8.48. The van der Waals surface area contributed by atoms with Gasteiger partial charge < -0.3 is 16.3 Å². The van der Waals surface area contributed by atoms with Crippen LogP contribution >= 0.6 is 0 Å². The lowest BCUT2D eigenvalue weighted by Gasteiger charge is -2.26. The van der Waals surface area contributed by atoms with Gasteiger partial charge in [-0.25, -0.2) is 0 Å². The zero-order valence-corrected chi connectivity index (χ0v) is 12.8. The second-order valence-corrected chi connectivity index (χ2v) is 6.13. The van der Waals surface area contributed by atoms with Crippen LogP contribution in [-0.4, -0.2) is 22.6 Å². The largest absolute Gasteiger partial charge is 0.409 e. The summed E-state index contributed by atoms with van der Waals surface area (Å²) in [5.41, 5.74) is 7.16. The zero-order chi connectivity index (χ0) is 15.1. The normalized spacial score (nSPS) is 23.2. The number of hydrogen-bond acceptors (Lipinski definition) is 4. The van der Waals surface area contributed by atoms with E-state index >= 15 is 0 Å². The van der Waals surface area contributed by atoms with Gasteiger partial charge in [-0.15, -0.1) is 0 Å². The fourth-order valence-corrected chi connectivity index (χ4v) is 2.93. The average molecular weight is 290 g/mol. The number of hydrogen-bond donors (Lipinski definition) is 3. The van der Waals surface area contributed by atoms with Crippen LogP contribution in [0.25, 0.3) is 0 Å². The predicted octanol–water partition coefficient (Wildman–Crippen LogP) is 2.48. The molecule has 116 valence electrons. The summed E-state index contributed by atoms with van der Waals surface area (Å²) in [6.45, 7) is 4.19. The molecular formula is C16H26N4O. The Balaban J connectivity index is 1.71. The predicted molar refractivity (Wildman–Crippen MR) is 84.2 cm³/mol. The lowest BCUT2D eigenvalue weighted by molar-refractivity contribution is 0.275. The van der Waals surface area contributed by atoms with Gasteiger partial charge in [0.25, 0.3) is 0 Å². The van der Waals surface area contributed by atoms with Crippen LogP contribution in [0.5, 0.6) is 0 Å². The third-order valence-electron chi connectivity index (χ3n) is 4.39. The quantitative estimate of drug-likeness (QED) is 0.247. The molecule has 0 aliphatic heterocycles. The Bertz CT molecular complexity index is 467. The van der Waals surface area contributed by atoms with Gasteiger partial charge in [0.05, 0.1) is 0 Å². The molecule has 0 atom stereocenters. The van der Waals surface area contributed by atoms with Crippen molar-refractivity contribution in [1.29, 1.82) is 0 Å². The summed E-state index contributed by atoms with van der Waals surface area (Å²) in [4.78, 5) is 4.08. The van der Waals surface area contributed by atoms with Crippen LogP contribution in [-0.2, 0) is 6.54 Å². The van der Waals surface area contributed by atoms with Crippen LogP contribution in [0.15, 0.2) is 23.5 Å². The topological polar surface area (TPSA) is 83.5 Å². The molecule has 1 aliphatic rings. The second-order valence-electron chi connectivity index (χ2n) is 6.13. The first kappa shape index (κ1) is 15.8. The van der Waals surface area contributed by atoms with E-state index in [1.54, 1.807) is 6.20 Å². The fraction of sp³-hybridized carbons (Fsp3) is 0.625.